The van der Waals surface area contributed by atoms with Crippen molar-refractivity contribution in [2.24, 2.45) is 11.8 Å². The molecule has 2 aliphatic carbocycles. The minimum Gasteiger partial charge on any atom is -0.457 e. The molecule has 3 N–H and O–H groups in total. The Morgan fingerprint density at radius 1 is 0.878 bits per heavy atom. The maximum atomic E-state index is 13.6. The number of alkyl halides is 3. The van der Waals surface area contributed by atoms with Crippen molar-refractivity contribution in [2.75, 3.05) is 17.2 Å². The van der Waals surface area contributed by atoms with Gasteiger partial charge in [-0.3, -0.25) is 9.59 Å². The van der Waals surface area contributed by atoms with E-state index in [0.717, 1.165) is 49.4 Å². The monoisotopic (exact) mass is 564 g/mol. The maximum absolute atomic E-state index is 13.6. The van der Waals surface area contributed by atoms with Crippen molar-refractivity contribution in [1.29, 1.82) is 0 Å². The molecule has 7 nitrogen and oxygen atoms in total. The lowest BCUT2D eigenvalue weighted by atomic mass is 9.83. The quantitative estimate of drug-likeness (QED) is 0.309. The molecule has 2 heterocycles. The van der Waals surface area contributed by atoms with E-state index in [1.165, 1.54) is 6.07 Å². The summed E-state index contributed by atoms with van der Waals surface area (Å²) in [5.74, 6) is 0.879. The van der Waals surface area contributed by atoms with Crippen LogP contribution in [0.2, 0.25) is 0 Å². The first-order valence-corrected chi connectivity index (χ1v) is 14.0. The first-order chi connectivity index (χ1) is 19.7. The number of hydrogen-bond donors (Lipinski definition) is 3. The second kappa shape index (κ2) is 11.2. The Bertz CT molecular complexity index is 1470. The molecule has 2 aromatic carbocycles. The molecule has 2 atom stereocenters. The third-order valence-corrected chi connectivity index (χ3v) is 7.96. The van der Waals surface area contributed by atoms with Crippen molar-refractivity contribution in [2.45, 2.75) is 57.2 Å². The number of anilines is 2. The summed E-state index contributed by atoms with van der Waals surface area (Å²) in [6.07, 6.45) is 2.25. The lowest BCUT2D eigenvalue weighted by Gasteiger charge is -2.25. The van der Waals surface area contributed by atoms with Gasteiger partial charge in [-0.25, -0.2) is 4.98 Å². The third-order valence-electron chi connectivity index (χ3n) is 7.96. The number of nitrogens with zero attached hydrogens (tertiary/aromatic N) is 1. The molecule has 2 unspecified atom stereocenters. The van der Waals surface area contributed by atoms with E-state index in [-0.39, 0.29) is 35.4 Å². The molecule has 1 saturated heterocycles. The fourth-order valence-corrected chi connectivity index (χ4v) is 5.58. The van der Waals surface area contributed by atoms with Crippen LogP contribution in [0.25, 0.3) is 0 Å². The van der Waals surface area contributed by atoms with Crippen LogP contribution in [0.1, 0.15) is 60.4 Å². The Balaban J connectivity index is 1.14. The topological polar surface area (TPSA) is 92.3 Å². The Morgan fingerprint density at radius 2 is 1.68 bits per heavy atom. The van der Waals surface area contributed by atoms with E-state index in [1.807, 2.05) is 18.2 Å². The maximum Gasteiger partial charge on any atom is 0.416 e. The van der Waals surface area contributed by atoms with Crippen LogP contribution in [0, 0.1) is 11.8 Å². The predicted octanol–water partition coefficient (Wildman–Crippen LogP) is 6.41. The number of benzene rings is 2. The molecule has 6 rings (SSSR count). The van der Waals surface area contributed by atoms with Crippen molar-refractivity contribution in [1.82, 2.24) is 10.3 Å². The summed E-state index contributed by atoms with van der Waals surface area (Å²) in [4.78, 5) is 29.5. The molecule has 41 heavy (non-hydrogen) atoms. The summed E-state index contributed by atoms with van der Waals surface area (Å²) in [5, 5.41) is 8.81. The fraction of sp³-hybridized carbons (Fsp3) is 0.387. The lowest BCUT2D eigenvalue weighted by molar-refractivity contribution is -0.137. The van der Waals surface area contributed by atoms with Crippen LogP contribution >= 0.6 is 0 Å². The smallest absolute Gasteiger partial charge is 0.416 e. The van der Waals surface area contributed by atoms with Gasteiger partial charge in [0.2, 0.25) is 11.8 Å². The summed E-state index contributed by atoms with van der Waals surface area (Å²) in [6, 6.07) is 12.8. The van der Waals surface area contributed by atoms with E-state index in [4.69, 9.17) is 4.74 Å². The number of nitrogens with one attached hydrogen (secondary N) is 3. The van der Waals surface area contributed by atoms with E-state index in [1.54, 1.807) is 24.4 Å². The van der Waals surface area contributed by atoms with Crippen LogP contribution in [0.5, 0.6) is 11.5 Å². The zero-order chi connectivity index (χ0) is 28.6. The summed E-state index contributed by atoms with van der Waals surface area (Å²) in [6.45, 7) is 0.759. The number of ether oxygens (including phenoxy) is 1. The molecule has 214 valence electrons. The molecule has 1 aromatic heterocycles. The molecule has 2 fully saturated rings. The number of aryl methyl sites for hydroxylation is 1. The second-order valence-corrected chi connectivity index (χ2v) is 11.1. The first kappa shape index (κ1) is 27.3. The van der Waals surface area contributed by atoms with Crippen molar-refractivity contribution >= 4 is 23.3 Å². The second-order valence-electron chi connectivity index (χ2n) is 11.1. The van der Waals surface area contributed by atoms with E-state index in [0.29, 0.717) is 42.1 Å². The highest BCUT2D eigenvalue weighted by molar-refractivity contribution is 5.94. The van der Waals surface area contributed by atoms with E-state index in [2.05, 4.69) is 20.9 Å². The summed E-state index contributed by atoms with van der Waals surface area (Å²) in [5.41, 5.74) is 2.02. The van der Waals surface area contributed by atoms with E-state index < -0.39 is 11.7 Å². The number of aromatic nitrogens is 1. The number of carbonyl (C=O) groups excluding carboxylic acids is 2. The predicted molar refractivity (Wildman–Crippen MR) is 148 cm³/mol. The molecule has 1 aliphatic heterocycles. The third kappa shape index (κ3) is 6.53. The number of amides is 2. The lowest BCUT2D eigenvalue weighted by Crippen LogP contribution is -2.28. The fourth-order valence-electron chi connectivity index (χ4n) is 5.58. The van der Waals surface area contributed by atoms with Crippen LogP contribution in [-0.4, -0.2) is 23.3 Å². The van der Waals surface area contributed by atoms with Crippen LogP contribution in [0.4, 0.5) is 24.7 Å². The van der Waals surface area contributed by atoms with Gasteiger partial charge in [0, 0.05) is 35.8 Å². The normalized spacial score (nSPS) is 20.3. The molecule has 0 bridgehead atoms. The largest absolute Gasteiger partial charge is 0.457 e. The van der Waals surface area contributed by atoms with Gasteiger partial charge < -0.3 is 20.7 Å². The van der Waals surface area contributed by atoms with Gasteiger partial charge in [-0.1, -0.05) is 6.07 Å². The standard InChI is InChI=1S/C31H31F3N4O3/c32-31(33,34)23-13-22(27-2-1-10-35-27)14-24(16-23)37-30(40)20-6-3-18-7-8-25(15-21(18)12-20)41-26-9-11-36-28(17-26)38-29(39)19-4-5-19/h7-9,11,13-17,19-20,27,35H,1-6,10,12H2,(H,37,40)(H,36,38,39). The van der Waals surface area contributed by atoms with E-state index >= 15 is 0 Å². The molecule has 3 aromatic rings. The number of fused-ring (bicyclic) bond motifs is 1. The summed E-state index contributed by atoms with van der Waals surface area (Å²) < 4.78 is 46.9. The highest BCUT2D eigenvalue weighted by atomic mass is 19.4. The Kier molecular flexibility index (Phi) is 7.42. The highest BCUT2D eigenvalue weighted by Crippen LogP contribution is 2.36. The number of pyridine rings is 1. The summed E-state index contributed by atoms with van der Waals surface area (Å²) in [7, 11) is 0. The zero-order valence-corrected chi connectivity index (χ0v) is 22.4. The SMILES string of the molecule is O=C(Nc1cc(C2CCCN2)cc(C(F)(F)F)c1)C1CCc2ccc(Oc3ccnc(NC(=O)C4CC4)c3)cc2C1. The van der Waals surface area contributed by atoms with Crippen molar-refractivity contribution < 1.29 is 27.5 Å². The Labute approximate surface area is 235 Å². The van der Waals surface area contributed by atoms with Crippen molar-refractivity contribution in [3.63, 3.8) is 0 Å². The molecule has 0 radical (unpaired) electrons. The molecular weight excluding hydrogens is 533 g/mol. The number of halogens is 3. The minimum absolute atomic E-state index is 0.0377. The average Bonchev–Trinajstić information content (AvgIpc) is 3.66. The Morgan fingerprint density at radius 3 is 2.44 bits per heavy atom. The van der Waals surface area contributed by atoms with Crippen molar-refractivity contribution in [3.8, 4) is 11.5 Å². The van der Waals surface area contributed by atoms with Gasteiger partial charge in [-0.2, -0.15) is 13.2 Å². The molecule has 10 heteroatoms. The summed E-state index contributed by atoms with van der Waals surface area (Å²) >= 11 is 0. The van der Waals surface area contributed by atoms with Gasteiger partial charge in [-0.05, 0) is 105 Å². The zero-order valence-electron chi connectivity index (χ0n) is 22.4. The molecular formula is C31H31F3N4O3. The van der Waals surface area contributed by atoms with Gasteiger partial charge in [0.05, 0.1) is 5.56 Å². The van der Waals surface area contributed by atoms with Gasteiger partial charge in [-0.15, -0.1) is 0 Å². The molecule has 3 aliphatic rings. The first-order valence-electron chi connectivity index (χ1n) is 14.0. The van der Waals surface area contributed by atoms with Crippen LogP contribution < -0.4 is 20.7 Å². The van der Waals surface area contributed by atoms with Crippen LogP contribution in [0.15, 0.2) is 54.7 Å². The van der Waals surface area contributed by atoms with Gasteiger partial charge in [0.1, 0.15) is 17.3 Å². The van der Waals surface area contributed by atoms with E-state index in [9.17, 15) is 22.8 Å². The van der Waals surface area contributed by atoms with Gasteiger partial charge in [0.15, 0.2) is 0 Å². The molecule has 0 spiro atoms. The number of hydrogen-bond acceptors (Lipinski definition) is 5. The van der Waals surface area contributed by atoms with Crippen LogP contribution in [-0.2, 0) is 28.6 Å². The van der Waals surface area contributed by atoms with Gasteiger partial charge in [0.25, 0.3) is 0 Å². The van der Waals surface area contributed by atoms with Gasteiger partial charge >= 0.3 is 6.18 Å². The molecule has 2 amide bonds. The molecule has 1 saturated carbocycles. The Hall–Kier alpha value is -3.92. The minimum atomic E-state index is -4.51. The van der Waals surface area contributed by atoms with Crippen molar-refractivity contribution in [3.05, 3.63) is 77.0 Å². The average molecular weight is 565 g/mol. The number of carbonyl (C=O) groups is 2. The highest BCUT2D eigenvalue weighted by Gasteiger charge is 2.33. The number of rotatable bonds is 7. The van der Waals surface area contributed by atoms with Crippen LogP contribution in [0.3, 0.4) is 0 Å².